The molecule has 1 aromatic carbocycles. The molecule has 82 valence electrons. The molecule has 15 heavy (non-hydrogen) atoms. The van der Waals surface area contributed by atoms with Crippen LogP contribution >= 0.6 is 15.9 Å². The van der Waals surface area contributed by atoms with Gasteiger partial charge in [0.25, 0.3) is 0 Å². The smallest absolute Gasteiger partial charge is 0.0207 e. The van der Waals surface area contributed by atoms with E-state index in [4.69, 9.17) is 5.73 Å². The van der Waals surface area contributed by atoms with Gasteiger partial charge in [-0.05, 0) is 43.5 Å². The summed E-state index contributed by atoms with van der Waals surface area (Å²) in [5.74, 6) is 0.636. The lowest BCUT2D eigenvalue weighted by molar-refractivity contribution is 0.453. The molecule has 1 aromatic rings. The molecule has 1 aliphatic rings. The standard InChI is InChI=1S/C12H17BrN2/c13-11-4-2-1-3-9(11)7-12-10(8-14)5-6-15-12/h1-4,10,12,15H,5-8,14H2. The van der Waals surface area contributed by atoms with E-state index in [0.29, 0.717) is 12.0 Å². The highest BCUT2D eigenvalue weighted by Gasteiger charge is 2.25. The van der Waals surface area contributed by atoms with E-state index in [-0.39, 0.29) is 0 Å². The van der Waals surface area contributed by atoms with Gasteiger partial charge in [-0.1, -0.05) is 34.1 Å². The Morgan fingerprint density at radius 1 is 1.40 bits per heavy atom. The quantitative estimate of drug-likeness (QED) is 0.880. The molecule has 1 saturated heterocycles. The predicted octanol–water partition coefficient (Wildman–Crippen LogP) is 1.93. The van der Waals surface area contributed by atoms with Gasteiger partial charge >= 0.3 is 0 Å². The van der Waals surface area contributed by atoms with Crippen LogP contribution in [0, 0.1) is 5.92 Å². The summed E-state index contributed by atoms with van der Waals surface area (Å²) in [7, 11) is 0. The van der Waals surface area contributed by atoms with Crippen LogP contribution in [0.3, 0.4) is 0 Å². The molecular formula is C12H17BrN2. The molecule has 0 aromatic heterocycles. The van der Waals surface area contributed by atoms with Gasteiger partial charge in [-0.2, -0.15) is 0 Å². The first-order valence-corrected chi connectivity index (χ1v) is 6.27. The molecule has 1 fully saturated rings. The van der Waals surface area contributed by atoms with Gasteiger partial charge in [-0.25, -0.2) is 0 Å². The summed E-state index contributed by atoms with van der Waals surface area (Å²) in [6.07, 6.45) is 2.29. The van der Waals surface area contributed by atoms with Crippen LogP contribution in [0.4, 0.5) is 0 Å². The molecule has 0 bridgehead atoms. The molecule has 1 heterocycles. The van der Waals surface area contributed by atoms with E-state index in [1.165, 1.54) is 16.5 Å². The molecule has 3 N–H and O–H groups in total. The average molecular weight is 269 g/mol. The predicted molar refractivity (Wildman–Crippen MR) is 66.8 cm³/mol. The first-order chi connectivity index (χ1) is 7.31. The van der Waals surface area contributed by atoms with Crippen molar-refractivity contribution in [2.24, 2.45) is 11.7 Å². The minimum atomic E-state index is 0.550. The molecule has 1 aliphatic heterocycles. The highest BCUT2D eigenvalue weighted by atomic mass is 79.9. The van der Waals surface area contributed by atoms with Crippen molar-refractivity contribution in [3.05, 3.63) is 34.3 Å². The van der Waals surface area contributed by atoms with Crippen LogP contribution in [-0.2, 0) is 6.42 Å². The summed E-state index contributed by atoms with van der Waals surface area (Å²) < 4.78 is 1.20. The number of benzene rings is 1. The molecule has 0 aliphatic carbocycles. The van der Waals surface area contributed by atoms with Crippen molar-refractivity contribution in [3.8, 4) is 0 Å². The number of hydrogen-bond acceptors (Lipinski definition) is 2. The zero-order chi connectivity index (χ0) is 10.7. The monoisotopic (exact) mass is 268 g/mol. The second-order valence-corrected chi connectivity index (χ2v) is 4.99. The van der Waals surface area contributed by atoms with Crippen molar-refractivity contribution in [1.29, 1.82) is 0 Å². The molecule has 2 atom stereocenters. The fourth-order valence-electron chi connectivity index (χ4n) is 2.24. The number of nitrogens with two attached hydrogens (primary N) is 1. The van der Waals surface area contributed by atoms with Crippen molar-refractivity contribution in [2.45, 2.75) is 18.9 Å². The molecule has 0 radical (unpaired) electrons. The van der Waals surface area contributed by atoms with E-state index in [9.17, 15) is 0 Å². The fraction of sp³-hybridized carbons (Fsp3) is 0.500. The molecule has 0 spiro atoms. The summed E-state index contributed by atoms with van der Waals surface area (Å²) in [6, 6.07) is 8.97. The lowest BCUT2D eigenvalue weighted by Crippen LogP contribution is -2.33. The van der Waals surface area contributed by atoms with Gasteiger partial charge in [0.2, 0.25) is 0 Å². The largest absolute Gasteiger partial charge is 0.330 e. The van der Waals surface area contributed by atoms with Crippen molar-refractivity contribution >= 4 is 15.9 Å². The highest BCUT2D eigenvalue weighted by molar-refractivity contribution is 9.10. The number of hydrogen-bond donors (Lipinski definition) is 2. The lowest BCUT2D eigenvalue weighted by atomic mass is 9.95. The van der Waals surface area contributed by atoms with Crippen molar-refractivity contribution in [3.63, 3.8) is 0 Å². The zero-order valence-corrected chi connectivity index (χ0v) is 10.3. The third-order valence-electron chi connectivity index (χ3n) is 3.19. The van der Waals surface area contributed by atoms with Crippen LogP contribution in [0.5, 0.6) is 0 Å². The Labute approximate surface area is 99.4 Å². The maximum atomic E-state index is 5.76. The fourth-order valence-corrected chi connectivity index (χ4v) is 2.69. The lowest BCUT2D eigenvalue weighted by Gasteiger charge is -2.18. The first-order valence-electron chi connectivity index (χ1n) is 5.48. The molecule has 3 heteroatoms. The Hall–Kier alpha value is -0.380. The maximum Gasteiger partial charge on any atom is 0.0207 e. The van der Waals surface area contributed by atoms with E-state index in [2.05, 4.69) is 45.5 Å². The van der Waals surface area contributed by atoms with Gasteiger partial charge in [0.05, 0.1) is 0 Å². The second kappa shape index (κ2) is 5.10. The maximum absolute atomic E-state index is 5.76. The van der Waals surface area contributed by atoms with Crippen LogP contribution in [0.2, 0.25) is 0 Å². The van der Waals surface area contributed by atoms with E-state index in [1.54, 1.807) is 0 Å². The van der Waals surface area contributed by atoms with Gasteiger partial charge in [0.15, 0.2) is 0 Å². The van der Waals surface area contributed by atoms with Crippen molar-refractivity contribution in [1.82, 2.24) is 5.32 Å². The van der Waals surface area contributed by atoms with Crippen LogP contribution in [0.1, 0.15) is 12.0 Å². The van der Waals surface area contributed by atoms with E-state index in [0.717, 1.165) is 19.5 Å². The topological polar surface area (TPSA) is 38.0 Å². The Morgan fingerprint density at radius 3 is 2.93 bits per heavy atom. The Balaban J connectivity index is 2.05. The van der Waals surface area contributed by atoms with Crippen molar-refractivity contribution < 1.29 is 0 Å². The third kappa shape index (κ3) is 2.60. The molecule has 2 nitrogen and oxygen atoms in total. The van der Waals surface area contributed by atoms with Gasteiger partial charge in [0.1, 0.15) is 0 Å². The summed E-state index contributed by atoms with van der Waals surface area (Å²) >= 11 is 3.59. The number of nitrogens with one attached hydrogen (secondary N) is 1. The van der Waals surface area contributed by atoms with E-state index in [1.807, 2.05) is 0 Å². The normalized spacial score (nSPS) is 25.7. The Bertz CT molecular complexity index is 327. The molecule has 2 rings (SSSR count). The summed E-state index contributed by atoms with van der Waals surface area (Å²) in [6.45, 7) is 1.90. The van der Waals surface area contributed by atoms with Crippen LogP contribution in [0.25, 0.3) is 0 Å². The first kappa shape index (κ1) is 11.1. The minimum absolute atomic E-state index is 0.550. The number of rotatable bonds is 3. The molecule has 0 amide bonds. The zero-order valence-electron chi connectivity index (χ0n) is 8.75. The summed E-state index contributed by atoms with van der Waals surface area (Å²) in [5, 5.41) is 3.53. The Kier molecular flexibility index (Phi) is 3.78. The van der Waals surface area contributed by atoms with E-state index >= 15 is 0 Å². The van der Waals surface area contributed by atoms with E-state index < -0.39 is 0 Å². The molecule has 0 saturated carbocycles. The van der Waals surface area contributed by atoms with Gasteiger partial charge in [0, 0.05) is 10.5 Å². The van der Waals surface area contributed by atoms with Crippen LogP contribution in [0.15, 0.2) is 28.7 Å². The second-order valence-electron chi connectivity index (χ2n) is 4.14. The highest BCUT2D eigenvalue weighted by Crippen LogP contribution is 2.22. The SMILES string of the molecule is NCC1CCNC1Cc1ccccc1Br. The Morgan fingerprint density at radius 2 is 2.20 bits per heavy atom. The van der Waals surface area contributed by atoms with Gasteiger partial charge < -0.3 is 11.1 Å². The average Bonchev–Trinajstić information content (AvgIpc) is 2.69. The molecule has 2 unspecified atom stereocenters. The van der Waals surface area contributed by atoms with Crippen LogP contribution in [-0.4, -0.2) is 19.1 Å². The minimum Gasteiger partial charge on any atom is -0.330 e. The van der Waals surface area contributed by atoms with Crippen molar-refractivity contribution in [2.75, 3.05) is 13.1 Å². The van der Waals surface area contributed by atoms with Gasteiger partial charge in [-0.3, -0.25) is 0 Å². The summed E-state index contributed by atoms with van der Waals surface area (Å²) in [4.78, 5) is 0. The molecular weight excluding hydrogens is 252 g/mol. The third-order valence-corrected chi connectivity index (χ3v) is 3.96. The van der Waals surface area contributed by atoms with Gasteiger partial charge in [-0.15, -0.1) is 0 Å². The number of halogens is 1. The summed E-state index contributed by atoms with van der Waals surface area (Å²) in [5.41, 5.74) is 7.13. The van der Waals surface area contributed by atoms with Crippen LogP contribution < -0.4 is 11.1 Å².